The number of guanidine groups is 1. The third-order valence-electron chi connectivity index (χ3n) is 12.3. The zero-order valence-corrected chi connectivity index (χ0v) is 34.1. The minimum Gasteiger partial charge on any atom is -0.370 e. The summed E-state index contributed by atoms with van der Waals surface area (Å²) in [6.45, 7) is 12.7. The van der Waals surface area contributed by atoms with E-state index in [-0.39, 0.29) is 41.9 Å². The van der Waals surface area contributed by atoms with E-state index in [1.807, 2.05) is 45.3 Å². The van der Waals surface area contributed by atoms with Crippen molar-refractivity contribution in [1.29, 1.82) is 0 Å². The lowest BCUT2D eigenvalue weighted by Gasteiger charge is -2.35. The van der Waals surface area contributed by atoms with Gasteiger partial charge in [-0.1, -0.05) is 107 Å². The number of imidazole rings is 2. The van der Waals surface area contributed by atoms with Crippen molar-refractivity contribution < 1.29 is 9.59 Å². The molecule has 4 N–H and O–H groups in total. The average molecular weight is 781 g/mol. The number of hydrogen-bond acceptors (Lipinski definition) is 8. The molecule has 302 valence electrons. The Hall–Kier alpha value is -5.75. The van der Waals surface area contributed by atoms with E-state index in [9.17, 15) is 9.59 Å². The van der Waals surface area contributed by atoms with Crippen LogP contribution in [0.1, 0.15) is 88.7 Å². The molecule has 3 aromatic carbocycles. The van der Waals surface area contributed by atoms with E-state index in [0.29, 0.717) is 25.6 Å². The van der Waals surface area contributed by atoms with Crippen LogP contribution in [-0.4, -0.2) is 103 Å². The number of rotatable bonds is 13. The fourth-order valence-corrected chi connectivity index (χ4v) is 9.22. The summed E-state index contributed by atoms with van der Waals surface area (Å²) in [6, 6.07) is 26.3. The summed E-state index contributed by atoms with van der Waals surface area (Å²) < 4.78 is 0. The average Bonchev–Trinajstić information content (AvgIpc) is 4.11. The molecule has 2 amide bonds. The van der Waals surface area contributed by atoms with Crippen molar-refractivity contribution >= 4 is 17.8 Å². The molecule has 0 bridgehead atoms. The minimum absolute atomic E-state index is 0.0846. The first-order valence-corrected chi connectivity index (χ1v) is 21.0. The van der Waals surface area contributed by atoms with Crippen LogP contribution in [-0.2, 0) is 9.59 Å². The second-order valence-electron chi connectivity index (χ2n) is 16.1. The monoisotopic (exact) mass is 780 g/mol. The summed E-state index contributed by atoms with van der Waals surface area (Å²) in [5, 5.41) is 0. The number of carbonyl (C=O) groups is 2. The number of H-pyrrole nitrogens is 2. The minimum atomic E-state index is -0.337. The molecule has 2 aromatic heterocycles. The van der Waals surface area contributed by atoms with Crippen LogP contribution >= 0.6 is 0 Å². The van der Waals surface area contributed by atoms with Gasteiger partial charge in [0.1, 0.15) is 23.7 Å². The van der Waals surface area contributed by atoms with Gasteiger partial charge in [0, 0.05) is 19.6 Å². The van der Waals surface area contributed by atoms with E-state index in [2.05, 4.69) is 108 Å². The summed E-state index contributed by atoms with van der Waals surface area (Å²) in [7, 11) is 0. The van der Waals surface area contributed by atoms with Crippen LogP contribution in [0.5, 0.6) is 0 Å². The third-order valence-corrected chi connectivity index (χ3v) is 12.3. The molecule has 3 aliphatic rings. The Kier molecular flexibility index (Phi) is 11.5. The Bertz CT molecular complexity index is 2210. The van der Waals surface area contributed by atoms with Gasteiger partial charge in [-0.3, -0.25) is 19.5 Å². The highest BCUT2D eigenvalue weighted by Crippen LogP contribution is 2.37. The number of aliphatic imine (C=N–C) groups is 1. The van der Waals surface area contributed by atoms with Gasteiger partial charge in [0.2, 0.25) is 11.8 Å². The van der Waals surface area contributed by atoms with Gasteiger partial charge in [-0.2, -0.15) is 0 Å². The van der Waals surface area contributed by atoms with Gasteiger partial charge in [-0.05, 0) is 72.5 Å². The second kappa shape index (κ2) is 17.0. The van der Waals surface area contributed by atoms with E-state index in [1.165, 1.54) is 0 Å². The Balaban J connectivity index is 0.930. The Morgan fingerprint density at radius 2 is 1.22 bits per heavy atom. The number of amides is 2. The molecular weight excluding hydrogens is 725 g/mol. The van der Waals surface area contributed by atoms with Crippen LogP contribution in [0.15, 0.2) is 96.2 Å². The number of carbonyl (C=O) groups excluding carboxylic acids is 2. The van der Waals surface area contributed by atoms with E-state index in [4.69, 9.17) is 15.7 Å². The number of likely N-dealkylation sites (N-methyl/N-ethyl adjacent to an activating group) is 1. The molecule has 3 aliphatic heterocycles. The number of aromatic nitrogens is 4. The van der Waals surface area contributed by atoms with Crippen LogP contribution in [0, 0.1) is 5.92 Å². The zero-order valence-electron chi connectivity index (χ0n) is 34.1. The third kappa shape index (κ3) is 7.65. The van der Waals surface area contributed by atoms with Gasteiger partial charge in [0.25, 0.3) is 0 Å². The number of nitrogens with zero attached hydrogens (tertiary/aromatic N) is 7. The van der Waals surface area contributed by atoms with Crippen molar-refractivity contribution in [2.45, 2.75) is 77.5 Å². The molecule has 0 unspecified atom stereocenters. The maximum Gasteiger partial charge on any atom is 0.246 e. The van der Waals surface area contributed by atoms with Crippen LogP contribution in [0.2, 0.25) is 0 Å². The molecule has 2 fully saturated rings. The Labute approximate surface area is 341 Å². The van der Waals surface area contributed by atoms with Crippen molar-refractivity contribution in [2.24, 2.45) is 16.6 Å². The number of likely N-dealkylation sites (tertiary alicyclic amines) is 2. The summed E-state index contributed by atoms with van der Waals surface area (Å²) >= 11 is 0. The molecule has 4 atom stereocenters. The molecule has 58 heavy (non-hydrogen) atoms. The molecule has 12 heteroatoms. The summed E-state index contributed by atoms with van der Waals surface area (Å²) in [6.07, 6.45) is 7.40. The van der Waals surface area contributed by atoms with E-state index in [1.54, 1.807) is 0 Å². The number of aromatic amines is 2. The number of nitrogens with two attached hydrogens (primary N) is 1. The topological polar surface area (TPSA) is 143 Å². The lowest BCUT2D eigenvalue weighted by molar-refractivity contribution is -0.139. The lowest BCUT2D eigenvalue weighted by atomic mass is 10.0. The van der Waals surface area contributed by atoms with Gasteiger partial charge in [0.05, 0.1) is 42.4 Å². The maximum atomic E-state index is 14.2. The van der Waals surface area contributed by atoms with Crippen molar-refractivity contribution in [3.63, 3.8) is 0 Å². The van der Waals surface area contributed by atoms with Gasteiger partial charge in [0.15, 0.2) is 5.96 Å². The molecule has 8 rings (SSSR count). The lowest BCUT2D eigenvalue weighted by Crippen LogP contribution is -2.54. The van der Waals surface area contributed by atoms with Gasteiger partial charge in [-0.25, -0.2) is 9.97 Å². The second-order valence-corrected chi connectivity index (χ2v) is 16.1. The van der Waals surface area contributed by atoms with E-state index in [0.717, 1.165) is 96.2 Å². The highest BCUT2D eigenvalue weighted by atomic mass is 16.2. The highest BCUT2D eigenvalue weighted by molar-refractivity contribution is 5.90. The summed E-state index contributed by atoms with van der Waals surface area (Å²) in [5.74, 6) is 2.44. The SMILES string of the molecule is CCN(CC)[C@@H](C(=O)N1CCC[C@H]1c1ncc(-c2ccc(-c3ccc(-c4cnc([C@@H]5CCCN5C(=O)[C@H](C(C)C)N5CCN=C5N)[nH]4)cc3)cc2)[nH]1)c1ccccc1. The maximum absolute atomic E-state index is 14.2. The molecule has 0 radical (unpaired) electrons. The highest BCUT2D eigenvalue weighted by Gasteiger charge is 2.41. The number of benzene rings is 3. The van der Waals surface area contributed by atoms with Crippen molar-refractivity contribution in [3.05, 3.63) is 108 Å². The molecule has 5 heterocycles. The Morgan fingerprint density at radius 1 is 0.724 bits per heavy atom. The first-order valence-electron chi connectivity index (χ1n) is 21.0. The zero-order chi connectivity index (χ0) is 40.3. The summed E-state index contributed by atoms with van der Waals surface area (Å²) in [5.41, 5.74) is 13.4. The molecule has 2 saturated heterocycles. The van der Waals surface area contributed by atoms with Crippen molar-refractivity contribution in [3.8, 4) is 33.6 Å². The standard InChI is InChI=1S/C46H56N10O2/c1-5-53(6-2)41(35-12-8-7-9-13-35)45(58)55-26-11-15-39(55)43-50-29-37(52-43)34-22-18-32(19-23-34)31-16-20-33(21-17-31)36-28-49-42(51-36)38-14-10-25-54(38)44(57)40(30(3)4)56-27-24-48-46(56)47/h7-9,12-13,16-23,28-30,38-41H,5-6,10-11,14-15,24-27H2,1-4H3,(H2,47,48)(H,49,51)(H,50,52)/t38-,39-,40-,41+/m0/s1. The molecule has 0 aliphatic carbocycles. The van der Waals surface area contributed by atoms with Crippen LogP contribution in [0.4, 0.5) is 0 Å². The van der Waals surface area contributed by atoms with E-state index < -0.39 is 0 Å². The molecule has 12 nitrogen and oxygen atoms in total. The predicted molar refractivity (Wildman–Crippen MR) is 228 cm³/mol. The summed E-state index contributed by atoms with van der Waals surface area (Å²) in [4.78, 5) is 57.4. The Morgan fingerprint density at radius 3 is 1.69 bits per heavy atom. The first-order chi connectivity index (χ1) is 28.2. The predicted octanol–water partition coefficient (Wildman–Crippen LogP) is 7.20. The van der Waals surface area contributed by atoms with Gasteiger partial charge < -0.3 is 30.4 Å². The van der Waals surface area contributed by atoms with Crippen LogP contribution in [0.3, 0.4) is 0 Å². The largest absolute Gasteiger partial charge is 0.370 e. The quantitative estimate of drug-likeness (QED) is 0.115. The number of hydrogen-bond donors (Lipinski definition) is 3. The molecule has 0 spiro atoms. The van der Waals surface area contributed by atoms with Crippen LogP contribution < -0.4 is 5.73 Å². The van der Waals surface area contributed by atoms with Crippen molar-refractivity contribution in [1.82, 2.24) is 39.5 Å². The first kappa shape index (κ1) is 39.1. The van der Waals surface area contributed by atoms with Gasteiger partial charge >= 0.3 is 0 Å². The van der Waals surface area contributed by atoms with Crippen LogP contribution in [0.25, 0.3) is 33.6 Å². The smallest absolute Gasteiger partial charge is 0.246 e. The van der Waals surface area contributed by atoms with Crippen molar-refractivity contribution in [2.75, 3.05) is 39.3 Å². The fraction of sp³-hybridized carbons (Fsp3) is 0.413. The molecular formula is C46H56N10O2. The van der Waals surface area contributed by atoms with E-state index >= 15 is 0 Å². The fourth-order valence-electron chi connectivity index (χ4n) is 9.22. The normalized spacial score (nSPS) is 19.3. The molecule has 0 saturated carbocycles. The number of nitrogens with one attached hydrogen (secondary N) is 2. The van der Waals surface area contributed by atoms with Gasteiger partial charge in [-0.15, -0.1) is 0 Å². The molecule has 5 aromatic rings.